The number of aromatic hydroxyl groups is 1. The van der Waals surface area contributed by atoms with E-state index in [1.165, 1.54) is 19.6 Å². The van der Waals surface area contributed by atoms with Crippen molar-refractivity contribution in [2.24, 2.45) is 0 Å². The lowest BCUT2D eigenvalue weighted by Gasteiger charge is -2.28. The Bertz CT molecular complexity index is 399. The van der Waals surface area contributed by atoms with Crippen LogP contribution < -0.4 is 5.32 Å². The van der Waals surface area contributed by atoms with E-state index in [0.717, 1.165) is 18.5 Å². The van der Waals surface area contributed by atoms with Gasteiger partial charge in [-0.1, -0.05) is 0 Å². The molecule has 0 unspecified atom stereocenters. The molecule has 0 spiro atoms. The van der Waals surface area contributed by atoms with Crippen molar-refractivity contribution in [3.8, 4) is 5.75 Å². The molecular formula is C12H15NO3. The predicted molar refractivity (Wildman–Crippen MR) is 60.7 cm³/mol. The second-order valence-electron chi connectivity index (χ2n) is 3.99. The average Bonchev–Trinajstić information content (AvgIpc) is 2.23. The molecule has 0 aliphatic heterocycles. The maximum Gasteiger partial charge on any atom is 0.340 e. The third-order valence-electron chi connectivity index (χ3n) is 2.87. The number of esters is 1. The lowest BCUT2D eigenvalue weighted by Crippen LogP contribution is -2.28. The van der Waals surface area contributed by atoms with Crippen LogP contribution in [0.4, 0.5) is 5.69 Å². The summed E-state index contributed by atoms with van der Waals surface area (Å²) in [5.41, 5.74) is 1.11. The number of nitrogens with one attached hydrogen (secondary N) is 1. The Morgan fingerprint density at radius 3 is 2.81 bits per heavy atom. The third-order valence-corrected chi connectivity index (χ3v) is 2.87. The van der Waals surface area contributed by atoms with Crippen LogP contribution in [0.5, 0.6) is 5.75 Å². The molecule has 1 saturated carbocycles. The zero-order chi connectivity index (χ0) is 11.5. The number of hydrogen-bond acceptors (Lipinski definition) is 4. The van der Waals surface area contributed by atoms with Gasteiger partial charge in [0.2, 0.25) is 0 Å². The summed E-state index contributed by atoms with van der Waals surface area (Å²) >= 11 is 0. The van der Waals surface area contributed by atoms with E-state index in [-0.39, 0.29) is 5.75 Å². The molecule has 16 heavy (non-hydrogen) atoms. The molecule has 0 bridgehead atoms. The molecule has 86 valence electrons. The van der Waals surface area contributed by atoms with Gasteiger partial charge in [-0.25, -0.2) is 4.79 Å². The fraction of sp³-hybridized carbons (Fsp3) is 0.417. The van der Waals surface area contributed by atoms with Crippen LogP contribution >= 0.6 is 0 Å². The highest BCUT2D eigenvalue weighted by atomic mass is 16.5. The zero-order valence-electron chi connectivity index (χ0n) is 9.19. The first-order chi connectivity index (χ1) is 7.70. The minimum Gasteiger partial charge on any atom is -0.508 e. The standard InChI is InChI=1S/C12H15NO3/c1-16-12(15)10-7-9(14)5-6-11(10)13-8-3-2-4-8/h5-8,13-14H,2-4H2,1H3. The van der Waals surface area contributed by atoms with E-state index < -0.39 is 5.97 Å². The van der Waals surface area contributed by atoms with E-state index >= 15 is 0 Å². The molecule has 2 N–H and O–H groups in total. The highest BCUT2D eigenvalue weighted by molar-refractivity contribution is 5.96. The van der Waals surface area contributed by atoms with Crippen molar-refractivity contribution >= 4 is 11.7 Å². The largest absolute Gasteiger partial charge is 0.508 e. The summed E-state index contributed by atoms with van der Waals surface area (Å²) in [6, 6.07) is 5.13. The summed E-state index contributed by atoms with van der Waals surface area (Å²) in [5.74, 6) is -0.364. The van der Waals surface area contributed by atoms with Crippen LogP contribution in [0.25, 0.3) is 0 Å². The molecule has 0 amide bonds. The fourth-order valence-corrected chi connectivity index (χ4v) is 1.71. The van der Waals surface area contributed by atoms with Gasteiger partial charge in [0.1, 0.15) is 5.75 Å². The molecule has 0 radical (unpaired) electrons. The number of phenolic OH excluding ortho intramolecular Hbond substituents is 1. The van der Waals surface area contributed by atoms with Crippen LogP contribution in [0, 0.1) is 0 Å². The smallest absolute Gasteiger partial charge is 0.340 e. The zero-order valence-corrected chi connectivity index (χ0v) is 9.19. The van der Waals surface area contributed by atoms with Crippen molar-refractivity contribution in [1.29, 1.82) is 0 Å². The summed E-state index contributed by atoms with van der Waals surface area (Å²) in [5, 5.41) is 12.6. The minimum atomic E-state index is -0.433. The summed E-state index contributed by atoms with van der Waals surface area (Å²) < 4.78 is 4.68. The normalized spacial score (nSPS) is 15.3. The first-order valence-corrected chi connectivity index (χ1v) is 5.38. The van der Waals surface area contributed by atoms with Crippen molar-refractivity contribution < 1.29 is 14.6 Å². The van der Waals surface area contributed by atoms with Crippen LogP contribution in [0.2, 0.25) is 0 Å². The molecular weight excluding hydrogens is 206 g/mol. The molecule has 1 aromatic carbocycles. The summed E-state index contributed by atoms with van der Waals surface area (Å²) in [6.07, 6.45) is 3.48. The number of methoxy groups -OCH3 is 1. The first-order valence-electron chi connectivity index (χ1n) is 5.38. The number of rotatable bonds is 3. The predicted octanol–water partition coefficient (Wildman–Crippen LogP) is 2.14. The van der Waals surface area contributed by atoms with Crippen LogP contribution in [-0.2, 0) is 4.74 Å². The van der Waals surface area contributed by atoms with E-state index in [2.05, 4.69) is 10.1 Å². The van der Waals surface area contributed by atoms with Crippen LogP contribution in [0.1, 0.15) is 29.6 Å². The Balaban J connectivity index is 2.23. The van der Waals surface area contributed by atoms with Gasteiger partial charge in [0.05, 0.1) is 12.7 Å². The topological polar surface area (TPSA) is 58.6 Å². The Labute approximate surface area is 94.2 Å². The van der Waals surface area contributed by atoms with Gasteiger partial charge in [-0.3, -0.25) is 0 Å². The molecule has 2 rings (SSSR count). The first kappa shape index (κ1) is 10.8. The summed E-state index contributed by atoms with van der Waals surface area (Å²) in [6.45, 7) is 0. The molecule has 0 saturated heterocycles. The summed E-state index contributed by atoms with van der Waals surface area (Å²) in [7, 11) is 1.33. The lowest BCUT2D eigenvalue weighted by molar-refractivity contribution is 0.0601. The highest BCUT2D eigenvalue weighted by Crippen LogP contribution is 2.27. The highest BCUT2D eigenvalue weighted by Gasteiger charge is 2.20. The van der Waals surface area contributed by atoms with E-state index in [0.29, 0.717) is 11.6 Å². The second-order valence-corrected chi connectivity index (χ2v) is 3.99. The Morgan fingerprint density at radius 2 is 2.25 bits per heavy atom. The van der Waals surface area contributed by atoms with Crippen LogP contribution in [0.3, 0.4) is 0 Å². The van der Waals surface area contributed by atoms with E-state index in [1.807, 2.05) is 0 Å². The SMILES string of the molecule is COC(=O)c1cc(O)ccc1NC1CCC1. The van der Waals surface area contributed by atoms with Gasteiger partial charge in [0.15, 0.2) is 0 Å². The number of ether oxygens (including phenoxy) is 1. The molecule has 1 aliphatic carbocycles. The van der Waals surface area contributed by atoms with Gasteiger partial charge in [-0.15, -0.1) is 0 Å². The number of hydrogen-bond donors (Lipinski definition) is 2. The third kappa shape index (κ3) is 2.10. The van der Waals surface area contributed by atoms with Gasteiger partial charge in [0.25, 0.3) is 0 Å². The fourth-order valence-electron chi connectivity index (χ4n) is 1.71. The van der Waals surface area contributed by atoms with Gasteiger partial charge < -0.3 is 15.2 Å². The van der Waals surface area contributed by atoms with Gasteiger partial charge in [-0.05, 0) is 37.5 Å². The Hall–Kier alpha value is -1.71. The van der Waals surface area contributed by atoms with Crippen LogP contribution in [0.15, 0.2) is 18.2 Å². The Morgan fingerprint density at radius 1 is 1.50 bits per heavy atom. The van der Waals surface area contributed by atoms with Gasteiger partial charge >= 0.3 is 5.97 Å². The maximum atomic E-state index is 11.5. The molecule has 1 aromatic rings. The number of carbonyl (C=O) groups excluding carboxylic acids is 1. The van der Waals surface area contributed by atoms with Crippen LogP contribution in [-0.4, -0.2) is 24.2 Å². The average molecular weight is 221 g/mol. The van der Waals surface area contributed by atoms with E-state index in [9.17, 15) is 9.90 Å². The molecule has 0 atom stereocenters. The number of phenols is 1. The quantitative estimate of drug-likeness (QED) is 0.606. The van der Waals surface area contributed by atoms with E-state index in [4.69, 9.17) is 0 Å². The van der Waals surface area contributed by atoms with Crippen molar-refractivity contribution in [2.75, 3.05) is 12.4 Å². The van der Waals surface area contributed by atoms with Crippen molar-refractivity contribution in [3.63, 3.8) is 0 Å². The van der Waals surface area contributed by atoms with Gasteiger partial charge in [-0.2, -0.15) is 0 Å². The minimum absolute atomic E-state index is 0.0690. The number of benzene rings is 1. The lowest BCUT2D eigenvalue weighted by atomic mass is 9.92. The second kappa shape index (κ2) is 4.43. The monoisotopic (exact) mass is 221 g/mol. The molecule has 4 heteroatoms. The molecule has 1 aliphatic rings. The van der Waals surface area contributed by atoms with Gasteiger partial charge in [0, 0.05) is 11.7 Å². The van der Waals surface area contributed by atoms with Crippen molar-refractivity contribution in [3.05, 3.63) is 23.8 Å². The van der Waals surface area contributed by atoms with Crippen molar-refractivity contribution in [2.45, 2.75) is 25.3 Å². The number of anilines is 1. The molecule has 1 fully saturated rings. The molecule has 0 aromatic heterocycles. The maximum absolute atomic E-state index is 11.5. The molecule has 0 heterocycles. The van der Waals surface area contributed by atoms with E-state index in [1.54, 1.807) is 12.1 Å². The van der Waals surface area contributed by atoms with Crippen molar-refractivity contribution in [1.82, 2.24) is 0 Å². The Kier molecular flexibility index (Phi) is 2.99. The molecule has 4 nitrogen and oxygen atoms in total. The summed E-state index contributed by atoms with van der Waals surface area (Å²) in [4.78, 5) is 11.5. The number of carbonyl (C=O) groups is 1.